The van der Waals surface area contributed by atoms with E-state index in [1.54, 1.807) is 18.3 Å². The van der Waals surface area contributed by atoms with Crippen molar-refractivity contribution in [1.29, 1.82) is 0 Å². The number of aromatic amines is 1. The van der Waals surface area contributed by atoms with Gasteiger partial charge in [0.15, 0.2) is 0 Å². The van der Waals surface area contributed by atoms with Crippen LogP contribution in [0.15, 0.2) is 66.9 Å². The molecule has 26 heavy (non-hydrogen) atoms. The van der Waals surface area contributed by atoms with E-state index >= 15 is 0 Å². The van der Waals surface area contributed by atoms with Crippen molar-refractivity contribution in [3.8, 4) is 28.1 Å². The van der Waals surface area contributed by atoms with Gasteiger partial charge in [-0.1, -0.05) is 54.6 Å². The Morgan fingerprint density at radius 2 is 1.46 bits per heavy atom. The van der Waals surface area contributed by atoms with Gasteiger partial charge in [0, 0.05) is 22.7 Å². The van der Waals surface area contributed by atoms with Crippen molar-refractivity contribution in [3.63, 3.8) is 0 Å². The van der Waals surface area contributed by atoms with Crippen molar-refractivity contribution in [3.05, 3.63) is 78.0 Å². The van der Waals surface area contributed by atoms with Crippen LogP contribution in [0.2, 0.25) is 0 Å². The summed E-state index contributed by atoms with van der Waals surface area (Å²) in [5, 5.41) is 12.0. The van der Waals surface area contributed by atoms with Crippen molar-refractivity contribution >= 4 is 22.3 Å². The van der Waals surface area contributed by atoms with E-state index in [1.165, 1.54) is 0 Å². The smallest absolute Gasteiger partial charge is 0.238 e. The Kier molecular flexibility index (Phi) is 2.91. The van der Waals surface area contributed by atoms with Crippen molar-refractivity contribution in [1.82, 2.24) is 4.98 Å². The number of Topliss-reactive ketones (excluding diaryl/α,β-unsaturated/α-hetero) is 2. The third-order valence-electron chi connectivity index (χ3n) is 4.92. The van der Waals surface area contributed by atoms with Crippen LogP contribution in [0.1, 0.15) is 20.7 Å². The summed E-state index contributed by atoms with van der Waals surface area (Å²) in [5.41, 5.74) is 3.12. The van der Waals surface area contributed by atoms with Crippen LogP contribution < -0.4 is 0 Å². The quantitative estimate of drug-likeness (QED) is 0.498. The van der Waals surface area contributed by atoms with Crippen molar-refractivity contribution in [2.45, 2.75) is 0 Å². The second kappa shape index (κ2) is 5.17. The molecule has 0 radical (unpaired) electrons. The lowest BCUT2D eigenvalue weighted by Gasteiger charge is -2.18. The van der Waals surface area contributed by atoms with Gasteiger partial charge in [0.2, 0.25) is 11.6 Å². The number of hydrogen-bond donors (Lipinski definition) is 2. The third-order valence-corrected chi connectivity index (χ3v) is 4.92. The van der Waals surface area contributed by atoms with Crippen LogP contribution >= 0.6 is 0 Å². The number of aromatic hydroxyl groups is 1. The number of phenolic OH excluding ortho intramolecular Hbond substituents is 1. The van der Waals surface area contributed by atoms with Gasteiger partial charge < -0.3 is 10.1 Å². The molecule has 124 valence electrons. The zero-order valence-corrected chi connectivity index (χ0v) is 13.6. The predicted octanol–water partition coefficient (Wildman–Crippen LogP) is 4.59. The molecule has 1 aliphatic rings. The number of carbonyl (C=O) groups is 2. The van der Waals surface area contributed by atoms with E-state index in [1.807, 2.05) is 48.5 Å². The van der Waals surface area contributed by atoms with Gasteiger partial charge in [0.1, 0.15) is 5.75 Å². The van der Waals surface area contributed by atoms with Crippen LogP contribution in [0.3, 0.4) is 0 Å². The molecule has 5 rings (SSSR count). The molecule has 0 saturated heterocycles. The summed E-state index contributed by atoms with van der Waals surface area (Å²) >= 11 is 0. The molecule has 4 nitrogen and oxygen atoms in total. The molecule has 2 N–H and O–H groups in total. The topological polar surface area (TPSA) is 70.2 Å². The van der Waals surface area contributed by atoms with Gasteiger partial charge in [-0.3, -0.25) is 9.59 Å². The van der Waals surface area contributed by atoms with Crippen LogP contribution in [0.25, 0.3) is 33.2 Å². The Labute approximate surface area is 148 Å². The summed E-state index contributed by atoms with van der Waals surface area (Å²) in [5.74, 6) is -1.41. The minimum Gasteiger partial charge on any atom is -0.507 e. The highest BCUT2D eigenvalue weighted by Crippen LogP contribution is 2.44. The standard InChI is InChI=1S/C22H13NO3/c24-20-14-9-5-4-8-13(14)10-15-18(20)22(26)21(25)17-16(11-23-19(15)17)12-6-2-1-3-7-12/h1-11,23-24H. The average Bonchev–Trinajstić information content (AvgIpc) is 3.12. The second-order valence-corrected chi connectivity index (χ2v) is 6.35. The number of rotatable bonds is 1. The lowest BCUT2D eigenvalue weighted by molar-refractivity contribution is 0.0814. The minimum absolute atomic E-state index is 0.0719. The molecule has 4 aromatic rings. The monoisotopic (exact) mass is 339 g/mol. The number of nitrogens with one attached hydrogen (secondary N) is 1. The number of phenols is 1. The van der Waals surface area contributed by atoms with Gasteiger partial charge in [-0.25, -0.2) is 0 Å². The van der Waals surface area contributed by atoms with E-state index in [2.05, 4.69) is 4.98 Å². The highest BCUT2D eigenvalue weighted by molar-refractivity contribution is 6.54. The number of H-pyrrole nitrogens is 1. The largest absolute Gasteiger partial charge is 0.507 e. The molecular formula is C22H13NO3. The van der Waals surface area contributed by atoms with E-state index in [4.69, 9.17) is 0 Å². The summed E-state index contributed by atoms with van der Waals surface area (Å²) < 4.78 is 0. The first kappa shape index (κ1) is 14.7. The maximum atomic E-state index is 12.8. The van der Waals surface area contributed by atoms with E-state index in [0.717, 1.165) is 10.9 Å². The molecule has 0 fully saturated rings. The SMILES string of the molecule is O=C1C(=O)c2c(cc3ccccc3c2O)-c2[nH]cc(-c3ccccc3)c21. The molecule has 0 amide bonds. The molecule has 0 unspecified atom stereocenters. The predicted molar refractivity (Wildman–Crippen MR) is 99.5 cm³/mol. The van der Waals surface area contributed by atoms with Gasteiger partial charge in [0.05, 0.1) is 16.8 Å². The maximum Gasteiger partial charge on any atom is 0.238 e. The lowest BCUT2D eigenvalue weighted by Crippen LogP contribution is -2.21. The van der Waals surface area contributed by atoms with Crippen molar-refractivity contribution in [2.75, 3.05) is 0 Å². The first-order valence-corrected chi connectivity index (χ1v) is 8.27. The van der Waals surface area contributed by atoms with E-state index in [-0.39, 0.29) is 11.3 Å². The number of fused-ring (bicyclic) bond motifs is 4. The summed E-state index contributed by atoms with van der Waals surface area (Å²) in [6, 6.07) is 18.6. The summed E-state index contributed by atoms with van der Waals surface area (Å²) in [6.07, 6.45) is 1.74. The normalized spacial score (nSPS) is 12.9. The Hall–Kier alpha value is -3.66. The number of benzene rings is 3. The Bertz CT molecular complexity index is 1220. The molecule has 1 heterocycles. The summed E-state index contributed by atoms with van der Waals surface area (Å²) in [6.45, 7) is 0. The van der Waals surface area contributed by atoms with Gasteiger partial charge >= 0.3 is 0 Å². The van der Waals surface area contributed by atoms with E-state index in [0.29, 0.717) is 27.8 Å². The molecule has 4 heteroatoms. The number of ketones is 2. The van der Waals surface area contributed by atoms with E-state index < -0.39 is 11.6 Å². The fourth-order valence-corrected chi connectivity index (χ4v) is 3.70. The van der Waals surface area contributed by atoms with Gasteiger partial charge in [-0.15, -0.1) is 0 Å². The summed E-state index contributed by atoms with van der Waals surface area (Å²) in [7, 11) is 0. The fraction of sp³-hybridized carbons (Fsp3) is 0. The molecule has 3 aromatic carbocycles. The molecule has 1 aromatic heterocycles. The summed E-state index contributed by atoms with van der Waals surface area (Å²) in [4.78, 5) is 28.8. The second-order valence-electron chi connectivity index (χ2n) is 6.35. The van der Waals surface area contributed by atoms with Crippen LogP contribution in [-0.2, 0) is 0 Å². The molecule has 0 saturated carbocycles. The van der Waals surface area contributed by atoms with Gasteiger partial charge in [0.25, 0.3) is 0 Å². The van der Waals surface area contributed by atoms with Crippen LogP contribution in [-0.4, -0.2) is 21.7 Å². The van der Waals surface area contributed by atoms with Crippen LogP contribution in [0.5, 0.6) is 5.75 Å². The number of carbonyl (C=O) groups excluding carboxylic acids is 2. The fourth-order valence-electron chi connectivity index (χ4n) is 3.70. The molecule has 0 spiro atoms. The van der Waals surface area contributed by atoms with E-state index in [9.17, 15) is 14.7 Å². The molecule has 1 aliphatic carbocycles. The van der Waals surface area contributed by atoms with Gasteiger partial charge in [-0.05, 0) is 17.0 Å². The molecule has 0 aliphatic heterocycles. The number of aromatic nitrogens is 1. The zero-order chi connectivity index (χ0) is 17.8. The maximum absolute atomic E-state index is 12.8. The first-order valence-electron chi connectivity index (χ1n) is 8.27. The highest BCUT2D eigenvalue weighted by atomic mass is 16.3. The zero-order valence-electron chi connectivity index (χ0n) is 13.6. The van der Waals surface area contributed by atoms with Crippen LogP contribution in [0.4, 0.5) is 0 Å². The van der Waals surface area contributed by atoms with Crippen molar-refractivity contribution in [2.24, 2.45) is 0 Å². The van der Waals surface area contributed by atoms with Crippen LogP contribution in [0, 0.1) is 0 Å². The van der Waals surface area contributed by atoms with Crippen molar-refractivity contribution < 1.29 is 14.7 Å². The molecule has 0 atom stereocenters. The Balaban J connectivity index is 1.86. The van der Waals surface area contributed by atoms with Gasteiger partial charge in [-0.2, -0.15) is 0 Å². The minimum atomic E-state index is -0.674. The first-order chi connectivity index (χ1) is 12.7. The molecule has 0 bridgehead atoms. The third kappa shape index (κ3) is 1.84. The molecular weight excluding hydrogens is 326 g/mol. The Morgan fingerprint density at radius 1 is 0.769 bits per heavy atom. The Morgan fingerprint density at radius 3 is 2.27 bits per heavy atom. The highest BCUT2D eigenvalue weighted by Gasteiger charge is 2.36. The average molecular weight is 339 g/mol. The lowest BCUT2D eigenvalue weighted by atomic mass is 9.83. The number of hydrogen-bond acceptors (Lipinski definition) is 3.